The van der Waals surface area contributed by atoms with Gasteiger partial charge in [0.2, 0.25) is 11.8 Å². The molecule has 3 amide bonds. The van der Waals surface area contributed by atoms with E-state index < -0.39 is 11.4 Å². The van der Waals surface area contributed by atoms with E-state index in [2.05, 4.69) is 10.5 Å². The van der Waals surface area contributed by atoms with Crippen molar-refractivity contribution in [3.05, 3.63) is 71.9 Å². The standard InChI is InChI=1S/C27H32N4O5/c1-19-18-23(30-36-19)29-24(32)13-14-25(33)31(16-15-20-8-3-2-4-9-20)27(26(28)34,21-10-5-6-11-21)22-12-7-17-35-22/h2-4,7-9,12,17-18,21H,5-6,10-11,13-16H2,1H3,(H2,28,34)(H,29,30,32). The zero-order valence-electron chi connectivity index (χ0n) is 20.4. The third-order valence-corrected chi connectivity index (χ3v) is 6.87. The van der Waals surface area contributed by atoms with Gasteiger partial charge in [-0.2, -0.15) is 0 Å². The van der Waals surface area contributed by atoms with Crippen molar-refractivity contribution >= 4 is 23.5 Å². The quantitative estimate of drug-likeness (QED) is 0.417. The molecule has 190 valence electrons. The summed E-state index contributed by atoms with van der Waals surface area (Å²) in [5.41, 5.74) is 5.72. The smallest absolute Gasteiger partial charge is 0.251 e. The van der Waals surface area contributed by atoms with Crippen molar-refractivity contribution in [2.45, 2.75) is 57.4 Å². The number of aromatic nitrogens is 1. The second kappa shape index (κ2) is 11.2. The Balaban J connectivity index is 1.62. The van der Waals surface area contributed by atoms with Crippen molar-refractivity contribution in [1.82, 2.24) is 10.1 Å². The van der Waals surface area contributed by atoms with E-state index in [-0.39, 0.29) is 37.1 Å². The Morgan fingerprint density at radius 1 is 1.11 bits per heavy atom. The second-order valence-corrected chi connectivity index (χ2v) is 9.24. The molecule has 3 aromatic rings. The van der Waals surface area contributed by atoms with E-state index in [9.17, 15) is 14.4 Å². The summed E-state index contributed by atoms with van der Waals surface area (Å²) in [7, 11) is 0. The fourth-order valence-electron chi connectivity index (χ4n) is 5.22. The van der Waals surface area contributed by atoms with E-state index in [1.165, 1.54) is 6.26 Å². The van der Waals surface area contributed by atoms with E-state index in [1.54, 1.807) is 30.0 Å². The average molecular weight is 493 g/mol. The molecular weight excluding hydrogens is 460 g/mol. The molecule has 3 N–H and O–H groups in total. The number of aryl methyl sites for hydroxylation is 1. The first-order valence-electron chi connectivity index (χ1n) is 12.3. The highest BCUT2D eigenvalue weighted by atomic mass is 16.5. The third-order valence-electron chi connectivity index (χ3n) is 6.87. The van der Waals surface area contributed by atoms with Crippen LogP contribution >= 0.6 is 0 Å². The minimum atomic E-state index is -1.43. The summed E-state index contributed by atoms with van der Waals surface area (Å²) in [4.78, 5) is 41.2. The maximum absolute atomic E-state index is 13.8. The number of hydrogen-bond acceptors (Lipinski definition) is 6. The molecule has 0 spiro atoms. The Kier molecular flexibility index (Phi) is 7.87. The van der Waals surface area contributed by atoms with Crippen molar-refractivity contribution in [2.75, 3.05) is 11.9 Å². The summed E-state index contributed by atoms with van der Waals surface area (Å²) in [6.45, 7) is 1.98. The minimum Gasteiger partial charge on any atom is -0.466 e. The van der Waals surface area contributed by atoms with Crippen LogP contribution in [0.3, 0.4) is 0 Å². The summed E-state index contributed by atoms with van der Waals surface area (Å²) in [5, 5.41) is 6.39. The first-order valence-corrected chi connectivity index (χ1v) is 12.3. The van der Waals surface area contributed by atoms with E-state index in [0.29, 0.717) is 23.8 Å². The van der Waals surface area contributed by atoms with Crippen LogP contribution in [-0.4, -0.2) is 34.3 Å². The largest absolute Gasteiger partial charge is 0.466 e. The molecule has 1 fully saturated rings. The molecule has 1 unspecified atom stereocenters. The van der Waals surface area contributed by atoms with Crippen LogP contribution in [0.2, 0.25) is 0 Å². The molecule has 0 bridgehead atoms. The molecule has 1 aromatic carbocycles. The van der Waals surface area contributed by atoms with Gasteiger partial charge in [0, 0.05) is 25.5 Å². The zero-order valence-corrected chi connectivity index (χ0v) is 20.4. The lowest BCUT2D eigenvalue weighted by molar-refractivity contribution is -0.153. The van der Waals surface area contributed by atoms with E-state index in [4.69, 9.17) is 14.7 Å². The van der Waals surface area contributed by atoms with Crippen molar-refractivity contribution in [3.63, 3.8) is 0 Å². The molecular formula is C27H32N4O5. The summed E-state index contributed by atoms with van der Waals surface area (Å²) < 4.78 is 10.7. The minimum absolute atomic E-state index is 0.0791. The molecule has 2 heterocycles. The molecule has 0 saturated heterocycles. The van der Waals surface area contributed by atoms with Crippen molar-refractivity contribution < 1.29 is 23.3 Å². The van der Waals surface area contributed by atoms with Gasteiger partial charge >= 0.3 is 0 Å². The molecule has 1 saturated carbocycles. The van der Waals surface area contributed by atoms with Crippen LogP contribution in [0, 0.1) is 12.8 Å². The number of carbonyl (C=O) groups excluding carboxylic acids is 3. The van der Waals surface area contributed by atoms with Crippen LogP contribution < -0.4 is 11.1 Å². The molecule has 4 rings (SSSR count). The van der Waals surface area contributed by atoms with Crippen LogP contribution in [0.15, 0.2) is 63.7 Å². The van der Waals surface area contributed by atoms with Gasteiger partial charge in [-0.15, -0.1) is 0 Å². The van der Waals surface area contributed by atoms with Gasteiger partial charge in [-0.1, -0.05) is 48.3 Å². The molecule has 1 aliphatic rings. The van der Waals surface area contributed by atoms with Crippen molar-refractivity contribution in [2.24, 2.45) is 11.7 Å². The molecule has 9 nitrogen and oxygen atoms in total. The third kappa shape index (κ3) is 5.35. The normalized spacial score (nSPS) is 15.4. The molecule has 1 aliphatic carbocycles. The number of benzene rings is 1. The topological polar surface area (TPSA) is 132 Å². The summed E-state index contributed by atoms with van der Waals surface area (Å²) >= 11 is 0. The predicted octanol–water partition coefficient (Wildman–Crippen LogP) is 3.94. The second-order valence-electron chi connectivity index (χ2n) is 9.24. The number of furan rings is 1. The molecule has 0 aliphatic heterocycles. The predicted molar refractivity (Wildman–Crippen MR) is 133 cm³/mol. The SMILES string of the molecule is Cc1cc(NC(=O)CCC(=O)N(CCc2ccccc2)C(C(N)=O)(c2ccco2)C2CCCC2)no1. The first kappa shape index (κ1) is 25.2. The number of rotatable bonds is 11. The number of nitrogens with zero attached hydrogens (tertiary/aromatic N) is 2. The molecule has 0 radical (unpaired) electrons. The summed E-state index contributed by atoms with van der Waals surface area (Å²) in [6.07, 6.45) is 5.25. The van der Waals surface area contributed by atoms with Gasteiger partial charge in [0.1, 0.15) is 11.5 Å². The highest BCUT2D eigenvalue weighted by Crippen LogP contribution is 2.45. The molecule has 9 heteroatoms. The van der Waals surface area contributed by atoms with Gasteiger partial charge < -0.3 is 24.9 Å². The molecule has 36 heavy (non-hydrogen) atoms. The number of amides is 3. The fourth-order valence-corrected chi connectivity index (χ4v) is 5.22. The Hall–Kier alpha value is -3.88. The Morgan fingerprint density at radius 3 is 2.47 bits per heavy atom. The first-order chi connectivity index (χ1) is 17.4. The number of hydrogen-bond donors (Lipinski definition) is 2. The van der Waals surface area contributed by atoms with Gasteiger partial charge in [-0.3, -0.25) is 14.4 Å². The van der Waals surface area contributed by atoms with Crippen molar-refractivity contribution in [1.29, 1.82) is 0 Å². The van der Waals surface area contributed by atoms with Crippen LogP contribution in [0.4, 0.5) is 5.82 Å². The summed E-state index contributed by atoms with van der Waals surface area (Å²) in [5.74, 6) is -0.275. The molecule has 2 aromatic heterocycles. The zero-order chi connectivity index (χ0) is 25.5. The summed E-state index contributed by atoms with van der Waals surface area (Å²) in [6, 6.07) is 14.8. The van der Waals surface area contributed by atoms with Crippen molar-refractivity contribution in [3.8, 4) is 0 Å². The number of carbonyl (C=O) groups is 3. The van der Waals surface area contributed by atoms with Gasteiger partial charge in [0.05, 0.1) is 6.26 Å². The maximum atomic E-state index is 13.8. The lowest BCUT2D eigenvalue weighted by Crippen LogP contribution is -2.61. The van der Waals surface area contributed by atoms with Crippen LogP contribution in [-0.2, 0) is 26.3 Å². The van der Waals surface area contributed by atoms with Crippen LogP contribution in [0.1, 0.15) is 55.6 Å². The molecule has 1 atom stereocenters. The Labute approximate surface area is 210 Å². The highest BCUT2D eigenvalue weighted by molar-refractivity contribution is 5.95. The van der Waals surface area contributed by atoms with Gasteiger partial charge in [0.15, 0.2) is 11.4 Å². The lowest BCUT2D eigenvalue weighted by atomic mass is 9.77. The Morgan fingerprint density at radius 2 is 1.86 bits per heavy atom. The number of nitrogens with two attached hydrogens (primary N) is 1. The average Bonchev–Trinajstić information content (AvgIpc) is 3.65. The lowest BCUT2D eigenvalue weighted by Gasteiger charge is -2.44. The van der Waals surface area contributed by atoms with Gasteiger partial charge in [-0.05, 0) is 49.8 Å². The van der Waals surface area contributed by atoms with Gasteiger partial charge in [0.25, 0.3) is 5.91 Å². The van der Waals surface area contributed by atoms with E-state index >= 15 is 0 Å². The van der Waals surface area contributed by atoms with Crippen LogP contribution in [0.5, 0.6) is 0 Å². The van der Waals surface area contributed by atoms with E-state index in [0.717, 1.165) is 31.2 Å². The van der Waals surface area contributed by atoms with Crippen LogP contribution in [0.25, 0.3) is 0 Å². The Bertz CT molecular complexity index is 1170. The van der Waals surface area contributed by atoms with E-state index in [1.807, 2.05) is 30.3 Å². The monoisotopic (exact) mass is 492 g/mol. The van der Waals surface area contributed by atoms with Gasteiger partial charge in [-0.25, -0.2) is 0 Å². The number of anilines is 1. The number of primary amides is 1. The highest BCUT2D eigenvalue weighted by Gasteiger charge is 2.54. The maximum Gasteiger partial charge on any atom is 0.251 e. The fraction of sp³-hybridized carbons (Fsp3) is 0.407. The number of nitrogens with one attached hydrogen (secondary N) is 1.